The molecule has 4 aromatic rings. The van der Waals surface area contributed by atoms with E-state index in [1.165, 1.54) is 22.9 Å². The number of rotatable bonds is 8. The average Bonchev–Trinajstić information content (AvgIpc) is 3.44. The van der Waals surface area contributed by atoms with Crippen LogP contribution in [0.3, 0.4) is 0 Å². The Bertz CT molecular complexity index is 1170. The molecule has 4 heterocycles. The molecule has 0 radical (unpaired) electrons. The van der Waals surface area contributed by atoms with E-state index in [1.807, 2.05) is 24.3 Å². The van der Waals surface area contributed by atoms with Gasteiger partial charge in [-0.1, -0.05) is 30.3 Å². The molecule has 0 aliphatic carbocycles. The van der Waals surface area contributed by atoms with Gasteiger partial charge < -0.3 is 15.0 Å². The zero-order valence-corrected chi connectivity index (χ0v) is 18.2. The number of aliphatic hydroxyl groups excluding tert-OH is 1. The Hall–Kier alpha value is -3.22. The summed E-state index contributed by atoms with van der Waals surface area (Å²) in [6, 6.07) is 20.9. The van der Waals surface area contributed by atoms with Gasteiger partial charge in [0.15, 0.2) is 0 Å². The molecule has 164 valence electrons. The molecule has 1 aromatic carbocycles. The van der Waals surface area contributed by atoms with Gasteiger partial charge in [-0.25, -0.2) is 9.97 Å². The number of anilines is 2. The number of aryl methyl sites for hydroxylation is 1. The van der Waals surface area contributed by atoms with Crippen LogP contribution in [0.1, 0.15) is 36.6 Å². The molecule has 1 aliphatic heterocycles. The summed E-state index contributed by atoms with van der Waals surface area (Å²) in [5.74, 6) is 1.63. The van der Waals surface area contributed by atoms with Crippen molar-refractivity contribution in [3.63, 3.8) is 0 Å². The molecule has 0 unspecified atom stereocenters. The van der Waals surface area contributed by atoms with Gasteiger partial charge >= 0.3 is 0 Å². The Morgan fingerprint density at radius 3 is 2.75 bits per heavy atom. The van der Waals surface area contributed by atoms with E-state index in [0.29, 0.717) is 6.04 Å². The number of benzene rings is 1. The molecule has 6 heteroatoms. The number of nitrogens with one attached hydrogen (secondary N) is 1. The molecule has 6 nitrogen and oxygen atoms in total. The zero-order chi connectivity index (χ0) is 21.8. The molecule has 32 heavy (non-hydrogen) atoms. The second kappa shape index (κ2) is 9.51. The predicted molar refractivity (Wildman–Crippen MR) is 128 cm³/mol. The second-order valence-electron chi connectivity index (χ2n) is 8.36. The Balaban J connectivity index is 1.37. The van der Waals surface area contributed by atoms with Crippen molar-refractivity contribution in [3.05, 3.63) is 84.3 Å². The fraction of sp³-hybridized carbons (Fsp3) is 0.308. The van der Waals surface area contributed by atoms with E-state index >= 15 is 0 Å². The van der Waals surface area contributed by atoms with Gasteiger partial charge in [-0.3, -0.25) is 4.90 Å². The largest absolute Gasteiger partial charge is 0.396 e. The van der Waals surface area contributed by atoms with Crippen LogP contribution in [0.2, 0.25) is 0 Å². The lowest BCUT2D eigenvalue weighted by atomic mass is 10.1. The molecule has 1 saturated heterocycles. The van der Waals surface area contributed by atoms with E-state index in [0.717, 1.165) is 49.8 Å². The maximum atomic E-state index is 9.27. The number of pyridine rings is 2. The maximum Gasteiger partial charge on any atom is 0.131 e. The molecule has 1 aliphatic rings. The number of hydrogen-bond acceptors (Lipinski definition) is 5. The Labute approximate surface area is 188 Å². The molecule has 2 N–H and O–H groups in total. The molecule has 1 fully saturated rings. The maximum absolute atomic E-state index is 9.27. The summed E-state index contributed by atoms with van der Waals surface area (Å²) >= 11 is 0. The van der Waals surface area contributed by atoms with Crippen LogP contribution in [0.15, 0.2) is 73.1 Å². The molecule has 0 spiro atoms. The number of fused-ring (bicyclic) bond motifs is 1. The molecule has 1 atom stereocenters. The third kappa shape index (κ3) is 4.38. The van der Waals surface area contributed by atoms with Crippen LogP contribution in [0.5, 0.6) is 0 Å². The van der Waals surface area contributed by atoms with Gasteiger partial charge in [0, 0.05) is 43.0 Å². The van der Waals surface area contributed by atoms with Gasteiger partial charge in [0.05, 0.1) is 11.7 Å². The fourth-order valence-electron chi connectivity index (χ4n) is 4.72. The van der Waals surface area contributed by atoms with Crippen LogP contribution in [0.25, 0.3) is 10.9 Å². The van der Waals surface area contributed by atoms with Gasteiger partial charge in [0.25, 0.3) is 0 Å². The molecule has 3 aromatic heterocycles. The van der Waals surface area contributed by atoms with Crippen molar-refractivity contribution in [2.75, 3.05) is 18.5 Å². The fourth-order valence-corrected chi connectivity index (χ4v) is 4.72. The molecular weight excluding hydrogens is 398 g/mol. The summed E-state index contributed by atoms with van der Waals surface area (Å²) in [4.78, 5) is 11.8. The lowest BCUT2D eigenvalue weighted by molar-refractivity contribution is 0.245. The van der Waals surface area contributed by atoms with Crippen LogP contribution < -0.4 is 5.32 Å². The summed E-state index contributed by atoms with van der Waals surface area (Å²) in [7, 11) is 0. The minimum atomic E-state index is 0.213. The van der Waals surface area contributed by atoms with E-state index in [1.54, 1.807) is 6.20 Å². The van der Waals surface area contributed by atoms with Gasteiger partial charge in [-0.2, -0.15) is 0 Å². The van der Waals surface area contributed by atoms with Crippen molar-refractivity contribution in [3.8, 4) is 0 Å². The number of aromatic nitrogens is 3. The zero-order valence-electron chi connectivity index (χ0n) is 18.2. The standard InChI is InChI=1S/C26H29N5O/c32-17-7-16-30-18-20(21-8-1-2-10-23(21)30)19-31-15-6-11-24(31)22-9-5-13-26(28-22)29-25-12-3-4-14-27-25/h1-5,8-10,12-14,18,24,32H,6-7,11,15-17,19H2,(H,27,28,29)/t24-/m0/s1. The van der Waals surface area contributed by atoms with E-state index < -0.39 is 0 Å². The van der Waals surface area contributed by atoms with Crippen molar-refractivity contribution >= 4 is 22.5 Å². The SMILES string of the molecule is OCCCn1cc(CN2CCC[C@H]2c2cccc(Nc3ccccn3)n2)c2ccccc21. The van der Waals surface area contributed by atoms with Crippen LogP contribution >= 0.6 is 0 Å². The third-order valence-corrected chi connectivity index (χ3v) is 6.20. The lowest BCUT2D eigenvalue weighted by Crippen LogP contribution is -2.23. The molecule has 0 bridgehead atoms. The predicted octanol–water partition coefficient (Wildman–Crippen LogP) is 4.89. The lowest BCUT2D eigenvalue weighted by Gasteiger charge is -2.24. The Morgan fingerprint density at radius 1 is 1.00 bits per heavy atom. The first-order chi connectivity index (χ1) is 15.8. The number of hydrogen-bond donors (Lipinski definition) is 2. The molecule has 5 rings (SSSR count). The third-order valence-electron chi connectivity index (χ3n) is 6.20. The van der Waals surface area contributed by atoms with Crippen molar-refractivity contribution in [1.29, 1.82) is 0 Å². The van der Waals surface area contributed by atoms with Crippen molar-refractivity contribution < 1.29 is 5.11 Å². The monoisotopic (exact) mass is 427 g/mol. The summed E-state index contributed by atoms with van der Waals surface area (Å²) in [5.41, 5.74) is 3.69. The van der Waals surface area contributed by atoms with Gasteiger partial charge in [-0.15, -0.1) is 0 Å². The first-order valence-electron chi connectivity index (χ1n) is 11.4. The Kier molecular flexibility index (Phi) is 6.14. The average molecular weight is 428 g/mol. The summed E-state index contributed by atoms with van der Waals surface area (Å²) in [6.45, 7) is 3.02. The molecule has 0 saturated carbocycles. The highest BCUT2D eigenvalue weighted by Crippen LogP contribution is 2.34. The second-order valence-corrected chi connectivity index (χ2v) is 8.36. The topological polar surface area (TPSA) is 66.2 Å². The van der Waals surface area contributed by atoms with E-state index in [-0.39, 0.29) is 6.61 Å². The molecule has 0 amide bonds. The smallest absolute Gasteiger partial charge is 0.131 e. The van der Waals surface area contributed by atoms with Crippen LogP contribution in [0.4, 0.5) is 11.6 Å². The summed E-state index contributed by atoms with van der Waals surface area (Å²) in [6.07, 6.45) is 7.10. The first kappa shape index (κ1) is 20.7. The van der Waals surface area contributed by atoms with E-state index in [9.17, 15) is 5.11 Å². The first-order valence-corrected chi connectivity index (χ1v) is 11.4. The van der Waals surface area contributed by atoms with Gasteiger partial charge in [0.2, 0.25) is 0 Å². The minimum Gasteiger partial charge on any atom is -0.396 e. The minimum absolute atomic E-state index is 0.213. The highest BCUT2D eigenvalue weighted by Gasteiger charge is 2.28. The normalized spacial score (nSPS) is 16.6. The van der Waals surface area contributed by atoms with Gasteiger partial charge in [0.1, 0.15) is 11.6 Å². The molecular formula is C26H29N5O. The van der Waals surface area contributed by atoms with Crippen molar-refractivity contribution in [2.45, 2.75) is 38.4 Å². The quantitative estimate of drug-likeness (QED) is 0.419. The van der Waals surface area contributed by atoms with Crippen molar-refractivity contribution in [2.24, 2.45) is 0 Å². The number of likely N-dealkylation sites (tertiary alicyclic amines) is 1. The Morgan fingerprint density at radius 2 is 1.88 bits per heavy atom. The number of nitrogens with zero attached hydrogens (tertiary/aromatic N) is 4. The number of para-hydroxylation sites is 1. The number of aliphatic hydroxyl groups is 1. The highest BCUT2D eigenvalue weighted by molar-refractivity contribution is 5.84. The van der Waals surface area contributed by atoms with Gasteiger partial charge in [-0.05, 0) is 61.7 Å². The highest BCUT2D eigenvalue weighted by atomic mass is 16.3. The van der Waals surface area contributed by atoms with Crippen LogP contribution in [0, 0.1) is 0 Å². The summed E-state index contributed by atoms with van der Waals surface area (Å²) in [5, 5.41) is 13.9. The van der Waals surface area contributed by atoms with Crippen LogP contribution in [-0.4, -0.2) is 37.7 Å². The summed E-state index contributed by atoms with van der Waals surface area (Å²) < 4.78 is 2.28. The van der Waals surface area contributed by atoms with Crippen molar-refractivity contribution in [1.82, 2.24) is 19.4 Å². The van der Waals surface area contributed by atoms with Crippen LogP contribution in [-0.2, 0) is 13.1 Å². The van der Waals surface area contributed by atoms with E-state index in [4.69, 9.17) is 4.98 Å². The van der Waals surface area contributed by atoms with E-state index in [2.05, 4.69) is 62.4 Å².